The summed E-state index contributed by atoms with van der Waals surface area (Å²) < 4.78 is 11.4. The van der Waals surface area contributed by atoms with Crippen LogP contribution >= 0.6 is 11.6 Å². The Labute approximate surface area is 182 Å². The Hall–Kier alpha value is -3.53. The first-order valence-electron chi connectivity index (χ1n) is 9.62. The number of rotatable bonds is 6. The molecule has 0 atom stereocenters. The maximum Gasteiger partial charge on any atom is 0.331 e. The van der Waals surface area contributed by atoms with Gasteiger partial charge in [0.1, 0.15) is 17.8 Å². The summed E-state index contributed by atoms with van der Waals surface area (Å²) in [5.41, 5.74) is 8.13. The van der Waals surface area contributed by atoms with Crippen molar-refractivity contribution in [3.05, 3.63) is 63.2 Å². The zero-order chi connectivity index (χ0) is 22.3. The second kappa shape index (κ2) is 7.95. The minimum atomic E-state index is -0.331. The van der Waals surface area contributed by atoms with Crippen molar-refractivity contribution in [2.75, 3.05) is 12.8 Å². The second-order valence-electron chi connectivity index (χ2n) is 7.25. The van der Waals surface area contributed by atoms with Gasteiger partial charge in [0.15, 0.2) is 10.8 Å². The minimum absolute atomic E-state index is 0.0381. The van der Waals surface area contributed by atoms with Gasteiger partial charge in [-0.3, -0.25) is 14.3 Å². The SMILES string of the molecule is COc1c(C)c[n+](O)c(Cn2c(=O)n(CCn3cccc3)c3c(Cl)nc(N)nc32)c1C. The summed E-state index contributed by atoms with van der Waals surface area (Å²) >= 11 is 6.36. The van der Waals surface area contributed by atoms with Gasteiger partial charge in [0.25, 0.3) is 5.69 Å². The first-order valence-corrected chi connectivity index (χ1v) is 10.0. The molecule has 0 aliphatic heterocycles. The molecule has 0 saturated carbocycles. The molecule has 11 heteroatoms. The summed E-state index contributed by atoms with van der Waals surface area (Å²) in [6, 6.07) is 3.83. The third kappa shape index (κ3) is 3.59. The lowest BCUT2D eigenvalue weighted by molar-refractivity contribution is -0.910. The molecule has 0 bridgehead atoms. The van der Waals surface area contributed by atoms with Gasteiger partial charge in [-0.2, -0.15) is 9.97 Å². The first-order chi connectivity index (χ1) is 14.8. The zero-order valence-electron chi connectivity index (χ0n) is 17.4. The van der Waals surface area contributed by atoms with E-state index in [1.165, 1.54) is 15.3 Å². The lowest BCUT2D eigenvalue weighted by atomic mass is 10.1. The minimum Gasteiger partial charge on any atom is -0.496 e. The monoisotopic (exact) mass is 444 g/mol. The molecule has 0 fully saturated rings. The van der Waals surface area contributed by atoms with Crippen LogP contribution in [0.25, 0.3) is 11.2 Å². The highest BCUT2D eigenvalue weighted by Gasteiger charge is 2.26. The summed E-state index contributed by atoms with van der Waals surface area (Å²) in [6.07, 6.45) is 5.36. The molecule has 10 nitrogen and oxygen atoms in total. The van der Waals surface area contributed by atoms with Crippen LogP contribution in [0, 0.1) is 13.8 Å². The van der Waals surface area contributed by atoms with Gasteiger partial charge in [-0.05, 0) is 26.0 Å². The summed E-state index contributed by atoms with van der Waals surface area (Å²) in [5.74, 6) is 0.598. The van der Waals surface area contributed by atoms with E-state index in [0.29, 0.717) is 41.3 Å². The maximum atomic E-state index is 13.4. The number of imidazole rings is 1. The van der Waals surface area contributed by atoms with E-state index in [0.717, 1.165) is 10.3 Å². The smallest absolute Gasteiger partial charge is 0.331 e. The number of nitrogen functional groups attached to an aromatic ring is 1. The van der Waals surface area contributed by atoms with Gasteiger partial charge in [0.2, 0.25) is 12.1 Å². The van der Waals surface area contributed by atoms with Crippen molar-refractivity contribution < 1.29 is 14.7 Å². The van der Waals surface area contributed by atoms with Crippen LogP contribution in [0.2, 0.25) is 5.15 Å². The van der Waals surface area contributed by atoms with Crippen molar-refractivity contribution >= 4 is 28.7 Å². The zero-order valence-corrected chi connectivity index (χ0v) is 18.2. The van der Waals surface area contributed by atoms with E-state index in [2.05, 4.69) is 9.97 Å². The molecular formula is C20H23ClN7O3+. The molecule has 0 unspecified atom stereocenters. The Morgan fingerprint density at radius 1 is 1.19 bits per heavy atom. The second-order valence-corrected chi connectivity index (χ2v) is 7.61. The predicted octanol–water partition coefficient (Wildman–Crippen LogP) is 1.53. The summed E-state index contributed by atoms with van der Waals surface area (Å²) in [4.78, 5) is 21.7. The highest BCUT2D eigenvalue weighted by atomic mass is 35.5. The molecule has 0 aromatic carbocycles. The predicted molar refractivity (Wildman–Crippen MR) is 115 cm³/mol. The molecule has 0 aliphatic carbocycles. The van der Waals surface area contributed by atoms with Gasteiger partial charge in [0.05, 0.1) is 18.2 Å². The number of aromatic nitrogens is 6. The molecule has 4 heterocycles. The highest BCUT2D eigenvalue weighted by molar-refractivity contribution is 6.33. The number of halogens is 1. The molecule has 4 aromatic heterocycles. The molecular weight excluding hydrogens is 422 g/mol. The Morgan fingerprint density at radius 3 is 2.58 bits per heavy atom. The van der Waals surface area contributed by atoms with Gasteiger partial charge < -0.3 is 15.0 Å². The lowest BCUT2D eigenvalue weighted by Gasteiger charge is -2.09. The number of nitrogens with two attached hydrogens (primary N) is 1. The van der Waals surface area contributed by atoms with Crippen LogP contribution in [-0.2, 0) is 19.6 Å². The maximum absolute atomic E-state index is 13.4. The van der Waals surface area contributed by atoms with Crippen molar-refractivity contribution in [3.8, 4) is 5.75 Å². The largest absolute Gasteiger partial charge is 0.496 e. The normalized spacial score (nSPS) is 11.4. The standard InChI is InChI=1S/C20H23ClN7O3/c1-12-10-28(30)14(13(2)16(12)31-3)11-27-18-15(17(21)23-19(22)24-18)26(20(27)29)9-8-25-6-4-5-7-25/h4-7,10,30H,8-9,11H2,1-3H3,(H2,22,23,24)/q+1. The summed E-state index contributed by atoms with van der Waals surface area (Å²) in [7, 11) is 1.56. The highest BCUT2D eigenvalue weighted by Crippen LogP contribution is 2.25. The van der Waals surface area contributed by atoms with E-state index in [-0.39, 0.29) is 23.3 Å². The fraction of sp³-hybridized carbons (Fsp3) is 0.300. The van der Waals surface area contributed by atoms with E-state index >= 15 is 0 Å². The fourth-order valence-corrected chi connectivity index (χ4v) is 4.12. The number of fused-ring (bicyclic) bond motifs is 1. The molecule has 0 spiro atoms. The van der Waals surface area contributed by atoms with Crippen molar-refractivity contribution in [2.45, 2.75) is 33.5 Å². The Bertz CT molecular complexity index is 1330. The van der Waals surface area contributed by atoms with Crippen LogP contribution in [0.4, 0.5) is 5.95 Å². The molecule has 162 valence electrons. The third-order valence-electron chi connectivity index (χ3n) is 5.31. The van der Waals surface area contributed by atoms with Gasteiger partial charge in [-0.15, -0.1) is 0 Å². The van der Waals surface area contributed by atoms with Crippen LogP contribution in [0.1, 0.15) is 16.8 Å². The summed E-state index contributed by atoms with van der Waals surface area (Å²) in [6.45, 7) is 4.61. The first kappa shape index (κ1) is 20.7. The Balaban J connectivity index is 1.87. The van der Waals surface area contributed by atoms with E-state index < -0.39 is 0 Å². The number of hydrogen-bond donors (Lipinski definition) is 2. The molecule has 4 rings (SSSR count). The molecule has 0 radical (unpaired) electrons. The Morgan fingerprint density at radius 2 is 1.90 bits per heavy atom. The number of ether oxygens (including phenoxy) is 1. The number of aryl methyl sites for hydroxylation is 3. The van der Waals surface area contributed by atoms with Gasteiger partial charge in [0, 0.05) is 30.2 Å². The Kier molecular flexibility index (Phi) is 5.32. The van der Waals surface area contributed by atoms with Gasteiger partial charge >= 0.3 is 5.69 Å². The van der Waals surface area contributed by atoms with Crippen LogP contribution in [0.15, 0.2) is 35.5 Å². The van der Waals surface area contributed by atoms with Gasteiger partial charge in [-0.1, -0.05) is 11.6 Å². The van der Waals surface area contributed by atoms with Crippen LogP contribution in [0.5, 0.6) is 5.75 Å². The summed E-state index contributed by atoms with van der Waals surface area (Å²) in [5, 5.41) is 10.6. The van der Waals surface area contributed by atoms with Crippen LogP contribution in [-0.4, -0.2) is 36.0 Å². The van der Waals surface area contributed by atoms with E-state index in [1.807, 2.05) is 42.9 Å². The molecule has 4 aromatic rings. The molecule has 3 N–H and O–H groups in total. The average Bonchev–Trinajstić information content (AvgIpc) is 3.30. The fourth-order valence-electron chi connectivity index (χ4n) is 3.84. The molecule has 0 amide bonds. The topological polar surface area (TPSA) is 117 Å². The third-order valence-corrected chi connectivity index (χ3v) is 5.58. The van der Waals surface area contributed by atoms with Crippen molar-refractivity contribution in [1.29, 1.82) is 0 Å². The lowest BCUT2D eigenvalue weighted by Crippen LogP contribution is -2.39. The van der Waals surface area contributed by atoms with Crippen molar-refractivity contribution in [3.63, 3.8) is 0 Å². The number of anilines is 1. The molecule has 0 aliphatic rings. The number of methoxy groups -OCH3 is 1. The number of hydrogen-bond acceptors (Lipinski definition) is 6. The molecule has 31 heavy (non-hydrogen) atoms. The number of nitrogens with zero attached hydrogens (tertiary/aromatic N) is 6. The van der Waals surface area contributed by atoms with E-state index in [1.54, 1.807) is 7.11 Å². The van der Waals surface area contributed by atoms with Gasteiger partial charge in [-0.25, -0.2) is 4.79 Å². The van der Waals surface area contributed by atoms with Crippen molar-refractivity contribution in [2.24, 2.45) is 0 Å². The molecule has 0 saturated heterocycles. The van der Waals surface area contributed by atoms with E-state index in [9.17, 15) is 10.0 Å². The van der Waals surface area contributed by atoms with E-state index in [4.69, 9.17) is 22.1 Å². The van der Waals surface area contributed by atoms with Crippen LogP contribution < -0.4 is 20.9 Å². The average molecular weight is 445 g/mol. The van der Waals surface area contributed by atoms with Crippen LogP contribution in [0.3, 0.4) is 0 Å². The quantitative estimate of drug-likeness (QED) is 0.264. The number of pyridine rings is 1. The van der Waals surface area contributed by atoms with Crippen molar-refractivity contribution in [1.82, 2.24) is 23.7 Å².